The predicted octanol–water partition coefficient (Wildman–Crippen LogP) is 5.62. The number of carbonyl (C=O) groups is 2. The molecule has 0 saturated heterocycles. The summed E-state index contributed by atoms with van der Waals surface area (Å²) in [4.78, 5) is 36.2. The number of hydrogen-bond donors (Lipinski definition) is 0. The van der Waals surface area contributed by atoms with Crippen LogP contribution in [0.25, 0.3) is 6.08 Å². The van der Waals surface area contributed by atoms with Crippen molar-refractivity contribution < 1.29 is 24.0 Å². The van der Waals surface area contributed by atoms with E-state index < -0.39 is 16.7 Å². The number of nitro benzene ring substituents is 1. The molecule has 3 aromatic carbocycles. The van der Waals surface area contributed by atoms with E-state index >= 15 is 0 Å². The summed E-state index contributed by atoms with van der Waals surface area (Å²) in [5, 5.41) is 15.9. The molecule has 2 amide bonds. The zero-order valence-corrected chi connectivity index (χ0v) is 22.2. The van der Waals surface area contributed by atoms with Gasteiger partial charge in [-0.2, -0.15) is 10.1 Å². The first-order valence-corrected chi connectivity index (χ1v) is 12.4. The van der Waals surface area contributed by atoms with Crippen LogP contribution >= 0.6 is 22.6 Å². The summed E-state index contributed by atoms with van der Waals surface area (Å²) in [7, 11) is 0. The monoisotopic (exact) mass is 611 g/mol. The van der Waals surface area contributed by atoms with Crippen molar-refractivity contribution in [2.45, 2.75) is 20.5 Å². The van der Waals surface area contributed by atoms with E-state index in [1.807, 2.05) is 13.0 Å². The zero-order chi connectivity index (χ0) is 26.5. The molecule has 0 radical (unpaired) electrons. The third-order valence-electron chi connectivity index (χ3n) is 5.45. The summed E-state index contributed by atoms with van der Waals surface area (Å²) >= 11 is 2.12. The van der Waals surface area contributed by atoms with Gasteiger partial charge in [0.25, 0.3) is 17.5 Å². The van der Waals surface area contributed by atoms with Gasteiger partial charge in [0.15, 0.2) is 11.5 Å². The summed E-state index contributed by atoms with van der Waals surface area (Å²) in [6.07, 6.45) is 1.67. The highest BCUT2D eigenvalue weighted by molar-refractivity contribution is 14.1. The van der Waals surface area contributed by atoms with Crippen LogP contribution in [0.2, 0.25) is 0 Å². The van der Waals surface area contributed by atoms with Gasteiger partial charge in [-0.15, -0.1) is 0 Å². The van der Waals surface area contributed by atoms with Crippen LogP contribution in [-0.4, -0.2) is 34.1 Å². The number of nitrogens with zero attached hydrogens (tertiary/aromatic N) is 3. The van der Waals surface area contributed by atoms with Gasteiger partial charge in [0.05, 0.1) is 26.4 Å². The summed E-state index contributed by atoms with van der Waals surface area (Å²) in [5.41, 5.74) is 2.57. The summed E-state index contributed by atoms with van der Waals surface area (Å²) in [6.45, 7) is 4.11. The molecular formula is C27H22IN3O6. The molecule has 3 aromatic rings. The van der Waals surface area contributed by atoms with Gasteiger partial charge in [0.1, 0.15) is 6.61 Å². The van der Waals surface area contributed by atoms with Crippen molar-refractivity contribution in [3.8, 4) is 11.5 Å². The lowest BCUT2D eigenvalue weighted by molar-refractivity contribution is -0.384. The quantitative estimate of drug-likeness (QED) is 0.108. The second-order valence-corrected chi connectivity index (χ2v) is 9.17. The Morgan fingerprint density at radius 3 is 2.46 bits per heavy atom. The second-order valence-electron chi connectivity index (χ2n) is 8.01. The summed E-state index contributed by atoms with van der Waals surface area (Å²) in [5.74, 6) is 0.0122. The van der Waals surface area contributed by atoms with Crippen LogP contribution in [0.15, 0.2) is 77.4 Å². The van der Waals surface area contributed by atoms with E-state index in [2.05, 4.69) is 27.7 Å². The third kappa shape index (κ3) is 5.85. The van der Waals surface area contributed by atoms with E-state index in [4.69, 9.17) is 9.47 Å². The normalized spacial score (nSPS) is 14.0. The maximum absolute atomic E-state index is 13.0. The van der Waals surface area contributed by atoms with Crippen molar-refractivity contribution >= 4 is 51.9 Å². The lowest BCUT2D eigenvalue weighted by Crippen LogP contribution is -2.29. The molecule has 1 aliphatic rings. The van der Waals surface area contributed by atoms with Crippen molar-refractivity contribution in [2.24, 2.45) is 5.10 Å². The van der Waals surface area contributed by atoms with Gasteiger partial charge < -0.3 is 9.47 Å². The smallest absolute Gasteiger partial charge is 0.283 e. The molecule has 37 heavy (non-hydrogen) atoms. The Labute approximate surface area is 226 Å². The standard InChI is InChI=1S/C27H22IN3O6/c1-3-36-24-15-19(14-23(28)25(24)37-16-18-9-11-21(12-10-18)31(34)35)13-22-17(2)29-30(27(22)33)26(32)20-7-5-4-6-8-20/h4-15H,3,16H2,1-2H3/b22-13+. The Balaban J connectivity index is 1.57. The van der Waals surface area contributed by atoms with E-state index in [9.17, 15) is 19.7 Å². The molecule has 0 bridgehead atoms. The Morgan fingerprint density at radius 2 is 1.81 bits per heavy atom. The Morgan fingerprint density at radius 1 is 1.11 bits per heavy atom. The van der Waals surface area contributed by atoms with E-state index in [1.54, 1.807) is 61.5 Å². The molecule has 0 fully saturated rings. The number of ether oxygens (including phenoxy) is 2. The Hall–Kier alpha value is -4.06. The average molecular weight is 611 g/mol. The van der Waals surface area contributed by atoms with Crippen molar-refractivity contribution in [3.63, 3.8) is 0 Å². The van der Waals surface area contributed by atoms with E-state index in [1.165, 1.54) is 12.1 Å². The van der Waals surface area contributed by atoms with Crippen LogP contribution < -0.4 is 9.47 Å². The van der Waals surface area contributed by atoms with E-state index in [-0.39, 0.29) is 12.3 Å². The van der Waals surface area contributed by atoms with Crippen LogP contribution in [0.3, 0.4) is 0 Å². The number of hydrogen-bond acceptors (Lipinski definition) is 7. The molecule has 188 valence electrons. The minimum absolute atomic E-state index is 0.00931. The van der Waals surface area contributed by atoms with Crippen LogP contribution in [-0.2, 0) is 11.4 Å². The van der Waals surface area contributed by atoms with Crippen molar-refractivity contribution in [1.29, 1.82) is 0 Å². The number of halogens is 1. The van der Waals surface area contributed by atoms with Gasteiger partial charge in [0.2, 0.25) is 0 Å². The fourth-order valence-corrected chi connectivity index (χ4v) is 4.42. The van der Waals surface area contributed by atoms with E-state index in [0.29, 0.717) is 40.5 Å². The number of rotatable bonds is 8. The third-order valence-corrected chi connectivity index (χ3v) is 6.25. The van der Waals surface area contributed by atoms with Crippen LogP contribution in [0.5, 0.6) is 11.5 Å². The maximum atomic E-state index is 13.0. The minimum Gasteiger partial charge on any atom is -0.490 e. The van der Waals surface area contributed by atoms with Crippen molar-refractivity contribution in [1.82, 2.24) is 5.01 Å². The van der Waals surface area contributed by atoms with Gasteiger partial charge >= 0.3 is 0 Å². The van der Waals surface area contributed by atoms with Gasteiger partial charge in [-0.1, -0.05) is 18.2 Å². The number of amides is 2. The minimum atomic E-state index is -0.502. The number of hydrazone groups is 1. The zero-order valence-electron chi connectivity index (χ0n) is 20.0. The van der Waals surface area contributed by atoms with Crippen molar-refractivity contribution in [3.05, 3.63) is 103 Å². The van der Waals surface area contributed by atoms with Crippen molar-refractivity contribution in [2.75, 3.05) is 6.61 Å². The van der Waals surface area contributed by atoms with Crippen LogP contribution in [0, 0.1) is 13.7 Å². The lowest BCUT2D eigenvalue weighted by atomic mass is 10.1. The highest BCUT2D eigenvalue weighted by Gasteiger charge is 2.33. The van der Waals surface area contributed by atoms with E-state index in [0.717, 1.165) is 14.1 Å². The average Bonchev–Trinajstić information content (AvgIpc) is 3.17. The Kier molecular flexibility index (Phi) is 7.97. The predicted molar refractivity (Wildman–Crippen MR) is 146 cm³/mol. The van der Waals surface area contributed by atoms with Crippen LogP contribution in [0.1, 0.15) is 35.3 Å². The topological polar surface area (TPSA) is 111 Å². The molecule has 4 rings (SSSR count). The molecule has 0 atom stereocenters. The number of benzene rings is 3. The van der Waals surface area contributed by atoms with Crippen LogP contribution in [0.4, 0.5) is 5.69 Å². The SMILES string of the molecule is CCOc1cc(/C=C2/C(=O)N(C(=O)c3ccccc3)N=C2C)cc(I)c1OCc1ccc([N+](=O)[O-])cc1. The molecule has 0 unspecified atom stereocenters. The number of nitro groups is 1. The first kappa shape index (κ1) is 26.0. The van der Waals surface area contributed by atoms with Gasteiger partial charge in [-0.05, 0) is 90.0 Å². The number of imide groups is 1. The van der Waals surface area contributed by atoms with Gasteiger partial charge in [-0.25, -0.2) is 0 Å². The number of non-ortho nitro benzene ring substituents is 1. The molecular weight excluding hydrogens is 589 g/mol. The highest BCUT2D eigenvalue weighted by atomic mass is 127. The molecule has 0 N–H and O–H groups in total. The fourth-order valence-electron chi connectivity index (χ4n) is 3.64. The van der Waals surface area contributed by atoms with Gasteiger partial charge in [0, 0.05) is 17.7 Å². The lowest BCUT2D eigenvalue weighted by Gasteiger charge is -2.15. The first-order valence-electron chi connectivity index (χ1n) is 11.3. The number of carbonyl (C=O) groups excluding carboxylic acids is 2. The molecule has 0 saturated carbocycles. The molecule has 0 aromatic heterocycles. The Bertz CT molecular complexity index is 1420. The van der Waals surface area contributed by atoms with Gasteiger partial charge in [-0.3, -0.25) is 19.7 Å². The largest absolute Gasteiger partial charge is 0.490 e. The highest BCUT2D eigenvalue weighted by Crippen LogP contribution is 2.36. The summed E-state index contributed by atoms with van der Waals surface area (Å²) in [6, 6.07) is 18.2. The second kappa shape index (κ2) is 11.3. The molecule has 1 aliphatic heterocycles. The molecule has 10 heteroatoms. The molecule has 1 heterocycles. The molecule has 9 nitrogen and oxygen atoms in total. The molecule has 0 aliphatic carbocycles. The summed E-state index contributed by atoms with van der Waals surface area (Å²) < 4.78 is 12.6. The molecule has 0 spiro atoms. The maximum Gasteiger partial charge on any atom is 0.283 e. The first-order chi connectivity index (χ1) is 17.8. The fraction of sp³-hybridized carbons (Fsp3) is 0.148.